The lowest BCUT2D eigenvalue weighted by atomic mass is 10.1. The summed E-state index contributed by atoms with van der Waals surface area (Å²) in [6.45, 7) is 2.76. The Hall–Kier alpha value is -1.84. The van der Waals surface area contributed by atoms with Gasteiger partial charge >= 0.3 is 0 Å². The zero-order chi connectivity index (χ0) is 18.4. The van der Waals surface area contributed by atoms with Crippen molar-refractivity contribution < 1.29 is 24.3 Å². The van der Waals surface area contributed by atoms with Gasteiger partial charge in [-0.05, 0) is 26.3 Å². The maximum Gasteiger partial charge on any atom is 0.254 e. The average Bonchev–Trinajstić information content (AvgIpc) is 2.47. The summed E-state index contributed by atoms with van der Waals surface area (Å²) in [4.78, 5) is 46.7. The summed E-state index contributed by atoms with van der Waals surface area (Å²) in [5.74, 6) is -2.48. The van der Waals surface area contributed by atoms with E-state index in [0.29, 0.717) is 0 Å². The number of allylic oxidation sites excluding steroid dienone is 1. The highest BCUT2D eigenvalue weighted by atomic mass is 35.5. The predicted octanol–water partition coefficient (Wildman–Crippen LogP) is -0.311. The summed E-state index contributed by atoms with van der Waals surface area (Å²) in [6.07, 6.45) is 0.225. The standard InChI is InChI=1S/C14H18ClN3O5S/c1-6(15)5-8(14(24)18-11(21)7(2)19)12(22)16-9-3-4-10(20)17-13(9)23/h5,7,9,19,24H,3-4H2,1-2H3,(H,16,22)(H,18,21)(H,17,20,23)/b6-5+,14-8+/t7-,9?/m0/s1. The van der Waals surface area contributed by atoms with Crippen molar-refractivity contribution in [3.05, 3.63) is 21.7 Å². The van der Waals surface area contributed by atoms with Crippen LogP contribution in [0.1, 0.15) is 26.7 Å². The van der Waals surface area contributed by atoms with Gasteiger partial charge in [-0.2, -0.15) is 0 Å². The van der Waals surface area contributed by atoms with Crippen molar-refractivity contribution >= 4 is 47.9 Å². The molecule has 0 aromatic rings. The van der Waals surface area contributed by atoms with Gasteiger partial charge in [0.1, 0.15) is 12.1 Å². The molecule has 0 radical (unpaired) electrons. The number of thiol groups is 1. The van der Waals surface area contributed by atoms with E-state index in [1.54, 1.807) is 0 Å². The highest BCUT2D eigenvalue weighted by molar-refractivity contribution is 7.84. The highest BCUT2D eigenvalue weighted by Crippen LogP contribution is 2.14. The summed E-state index contributed by atoms with van der Waals surface area (Å²) in [7, 11) is 0. The SMILES string of the molecule is C/C(Cl)=C\C(C(=O)NC1CCC(=O)NC1=O)=C(/S)NC(=O)[C@H](C)O. The maximum atomic E-state index is 12.4. The van der Waals surface area contributed by atoms with Crippen LogP contribution in [0.2, 0.25) is 0 Å². The van der Waals surface area contributed by atoms with E-state index in [1.165, 1.54) is 19.9 Å². The van der Waals surface area contributed by atoms with Crippen LogP contribution >= 0.6 is 24.2 Å². The molecule has 0 aromatic heterocycles. The van der Waals surface area contributed by atoms with Crippen LogP contribution < -0.4 is 16.0 Å². The van der Waals surface area contributed by atoms with Gasteiger partial charge < -0.3 is 15.7 Å². The van der Waals surface area contributed by atoms with Crippen LogP contribution in [0.25, 0.3) is 0 Å². The predicted molar refractivity (Wildman–Crippen MR) is 89.8 cm³/mol. The normalized spacial score (nSPS) is 20.7. The minimum Gasteiger partial charge on any atom is -0.384 e. The molecule has 8 nitrogen and oxygen atoms in total. The number of nitrogens with one attached hydrogen (secondary N) is 3. The molecular formula is C14H18ClN3O5S. The van der Waals surface area contributed by atoms with E-state index in [4.69, 9.17) is 11.6 Å². The number of halogens is 1. The van der Waals surface area contributed by atoms with Gasteiger partial charge in [0.15, 0.2) is 0 Å². The average molecular weight is 376 g/mol. The van der Waals surface area contributed by atoms with Gasteiger partial charge in [0.2, 0.25) is 11.8 Å². The molecule has 24 heavy (non-hydrogen) atoms. The second kappa shape index (κ2) is 8.86. The Morgan fingerprint density at radius 3 is 2.58 bits per heavy atom. The van der Waals surface area contributed by atoms with Gasteiger partial charge in [0, 0.05) is 11.5 Å². The van der Waals surface area contributed by atoms with E-state index in [0.717, 1.165) is 0 Å². The zero-order valence-electron chi connectivity index (χ0n) is 13.1. The molecule has 1 aliphatic rings. The number of hydrogen-bond donors (Lipinski definition) is 5. The van der Waals surface area contributed by atoms with Gasteiger partial charge in [-0.3, -0.25) is 24.5 Å². The van der Waals surface area contributed by atoms with E-state index < -0.39 is 35.8 Å². The summed E-state index contributed by atoms with van der Waals surface area (Å²) < 4.78 is 0. The van der Waals surface area contributed by atoms with Crippen LogP contribution in [-0.4, -0.2) is 40.9 Å². The van der Waals surface area contributed by atoms with Gasteiger partial charge in [0.25, 0.3) is 11.8 Å². The Morgan fingerprint density at radius 2 is 2.08 bits per heavy atom. The Kier molecular flexibility index (Phi) is 7.46. The van der Waals surface area contributed by atoms with Crippen LogP contribution in [0.15, 0.2) is 21.7 Å². The fraction of sp³-hybridized carbons (Fsp3) is 0.429. The van der Waals surface area contributed by atoms with Crippen molar-refractivity contribution in [3.8, 4) is 0 Å². The second-order valence-corrected chi connectivity index (χ2v) is 6.18. The van der Waals surface area contributed by atoms with Crippen molar-refractivity contribution in [1.29, 1.82) is 0 Å². The first-order valence-electron chi connectivity index (χ1n) is 7.02. The monoisotopic (exact) mass is 375 g/mol. The van der Waals surface area contributed by atoms with Gasteiger partial charge in [-0.1, -0.05) is 11.6 Å². The summed E-state index contributed by atoms with van der Waals surface area (Å²) in [5.41, 5.74) is -0.0930. The van der Waals surface area contributed by atoms with E-state index >= 15 is 0 Å². The summed E-state index contributed by atoms with van der Waals surface area (Å²) in [6, 6.07) is -0.886. The zero-order valence-corrected chi connectivity index (χ0v) is 14.7. The number of aliphatic hydroxyl groups excluding tert-OH is 1. The van der Waals surface area contributed by atoms with E-state index in [1.807, 2.05) is 0 Å². The van der Waals surface area contributed by atoms with Gasteiger partial charge in [-0.25, -0.2) is 0 Å². The molecule has 1 fully saturated rings. The molecule has 132 valence electrons. The highest BCUT2D eigenvalue weighted by Gasteiger charge is 2.29. The van der Waals surface area contributed by atoms with Gasteiger partial charge in [-0.15, -0.1) is 12.6 Å². The van der Waals surface area contributed by atoms with Crippen molar-refractivity contribution in [2.75, 3.05) is 0 Å². The molecule has 0 aromatic carbocycles. The smallest absolute Gasteiger partial charge is 0.254 e. The van der Waals surface area contributed by atoms with Gasteiger partial charge in [0.05, 0.1) is 10.6 Å². The molecule has 1 aliphatic heterocycles. The molecule has 0 bridgehead atoms. The molecular weight excluding hydrogens is 358 g/mol. The van der Waals surface area contributed by atoms with E-state index in [2.05, 4.69) is 28.6 Å². The molecule has 4 N–H and O–H groups in total. The number of carbonyl (C=O) groups is 4. The third kappa shape index (κ3) is 5.99. The lowest BCUT2D eigenvalue weighted by Crippen LogP contribution is -2.52. The Morgan fingerprint density at radius 1 is 1.46 bits per heavy atom. The van der Waals surface area contributed by atoms with Crippen LogP contribution in [0.4, 0.5) is 0 Å². The molecule has 4 amide bonds. The number of aliphatic hydroxyl groups is 1. The van der Waals surface area contributed by atoms with Crippen molar-refractivity contribution in [3.63, 3.8) is 0 Å². The quantitative estimate of drug-likeness (QED) is 0.195. The molecule has 1 rings (SSSR count). The lowest BCUT2D eigenvalue weighted by molar-refractivity contribution is -0.136. The molecule has 1 saturated heterocycles. The van der Waals surface area contributed by atoms with E-state index in [-0.39, 0.29) is 28.5 Å². The van der Waals surface area contributed by atoms with Crippen LogP contribution in [0.3, 0.4) is 0 Å². The molecule has 1 heterocycles. The number of piperidine rings is 1. The van der Waals surface area contributed by atoms with Crippen LogP contribution in [0.5, 0.6) is 0 Å². The number of amides is 4. The molecule has 0 spiro atoms. The lowest BCUT2D eigenvalue weighted by Gasteiger charge is -2.22. The number of rotatable bonds is 5. The number of carbonyl (C=O) groups excluding carboxylic acids is 4. The Balaban J connectivity index is 2.97. The molecule has 2 atom stereocenters. The van der Waals surface area contributed by atoms with Crippen LogP contribution in [-0.2, 0) is 19.2 Å². The van der Waals surface area contributed by atoms with Crippen molar-refractivity contribution in [1.82, 2.24) is 16.0 Å². The number of hydrogen-bond acceptors (Lipinski definition) is 6. The minimum atomic E-state index is -1.30. The molecule has 0 aliphatic carbocycles. The third-order valence-electron chi connectivity index (χ3n) is 3.01. The van der Waals surface area contributed by atoms with Crippen LogP contribution in [0, 0.1) is 0 Å². The summed E-state index contributed by atoms with van der Waals surface area (Å²) >= 11 is 9.82. The molecule has 10 heteroatoms. The van der Waals surface area contributed by atoms with Crippen molar-refractivity contribution in [2.24, 2.45) is 0 Å². The topological polar surface area (TPSA) is 125 Å². The first-order chi connectivity index (χ1) is 11.1. The Labute approximate surface area is 149 Å². The summed E-state index contributed by atoms with van der Waals surface area (Å²) in [5, 5.41) is 16.1. The minimum absolute atomic E-state index is 0.0930. The fourth-order valence-corrected chi connectivity index (χ4v) is 2.18. The first kappa shape index (κ1) is 20.2. The fourth-order valence-electron chi connectivity index (χ4n) is 1.80. The molecule has 0 saturated carbocycles. The first-order valence-corrected chi connectivity index (χ1v) is 7.84. The Bertz CT molecular complexity index is 626. The largest absolute Gasteiger partial charge is 0.384 e. The second-order valence-electron chi connectivity index (χ2n) is 5.14. The maximum absolute atomic E-state index is 12.4. The number of imide groups is 1. The third-order valence-corrected chi connectivity index (χ3v) is 3.47. The molecule has 1 unspecified atom stereocenters. The van der Waals surface area contributed by atoms with Crippen molar-refractivity contribution in [2.45, 2.75) is 38.8 Å². The van der Waals surface area contributed by atoms with E-state index in [9.17, 15) is 24.3 Å².